The molecule has 0 heterocycles. The number of hydrogen-bond acceptors (Lipinski definition) is 3. The summed E-state index contributed by atoms with van der Waals surface area (Å²) in [5.41, 5.74) is -0.0712. The van der Waals surface area contributed by atoms with E-state index < -0.39 is 0 Å². The molecule has 0 aromatic carbocycles. The number of hydrogen-bond donors (Lipinski definition) is 0. The van der Waals surface area contributed by atoms with Crippen LogP contribution in [-0.2, 0) is 14.3 Å². The summed E-state index contributed by atoms with van der Waals surface area (Å²) in [5, 5.41) is 0. The summed E-state index contributed by atoms with van der Waals surface area (Å²) in [6.07, 6.45) is 3.36. The van der Waals surface area contributed by atoms with Gasteiger partial charge in [-0.1, -0.05) is 19.9 Å². The van der Waals surface area contributed by atoms with Crippen molar-refractivity contribution in [2.75, 3.05) is 6.61 Å². The van der Waals surface area contributed by atoms with Gasteiger partial charge in [0.2, 0.25) is 0 Å². The summed E-state index contributed by atoms with van der Waals surface area (Å²) in [5.74, 6) is -0.0884. The molecule has 1 aliphatic rings. The first-order valence-electron chi connectivity index (χ1n) is 5.26. The van der Waals surface area contributed by atoms with E-state index in [-0.39, 0.29) is 29.0 Å². The lowest BCUT2D eigenvalue weighted by Crippen LogP contribution is -2.10. The van der Waals surface area contributed by atoms with Crippen LogP contribution in [0.15, 0.2) is 12.2 Å². The Morgan fingerprint density at radius 2 is 2.00 bits per heavy atom. The average molecular weight is 210 g/mol. The fourth-order valence-corrected chi connectivity index (χ4v) is 1.96. The summed E-state index contributed by atoms with van der Waals surface area (Å²) in [7, 11) is 0. The minimum absolute atomic E-state index is 0.0142. The lowest BCUT2D eigenvalue weighted by atomic mass is 10.1. The van der Waals surface area contributed by atoms with Gasteiger partial charge in [-0.15, -0.1) is 0 Å². The van der Waals surface area contributed by atoms with Crippen molar-refractivity contribution in [1.29, 1.82) is 0 Å². The lowest BCUT2D eigenvalue weighted by Gasteiger charge is -2.01. The molecule has 0 saturated heterocycles. The molecule has 3 heteroatoms. The van der Waals surface area contributed by atoms with Crippen molar-refractivity contribution >= 4 is 11.8 Å². The molecule has 0 aliphatic heterocycles. The van der Waals surface area contributed by atoms with Crippen molar-refractivity contribution in [3.63, 3.8) is 0 Å². The largest absolute Gasteiger partial charge is 0.466 e. The fraction of sp³-hybridized carbons (Fsp3) is 0.667. The third-order valence-corrected chi connectivity index (χ3v) is 2.99. The molecule has 1 aliphatic carbocycles. The van der Waals surface area contributed by atoms with E-state index in [4.69, 9.17) is 4.74 Å². The maximum atomic E-state index is 11.5. The molecule has 0 bridgehead atoms. The number of esters is 1. The van der Waals surface area contributed by atoms with E-state index >= 15 is 0 Å². The highest BCUT2D eigenvalue weighted by atomic mass is 16.5. The highest BCUT2D eigenvalue weighted by Gasteiger charge is 2.61. The van der Waals surface area contributed by atoms with Crippen LogP contribution in [0, 0.1) is 17.3 Å². The van der Waals surface area contributed by atoms with Gasteiger partial charge in [0.05, 0.1) is 12.5 Å². The Labute approximate surface area is 90.5 Å². The molecule has 0 spiro atoms. The van der Waals surface area contributed by atoms with Crippen molar-refractivity contribution in [3.8, 4) is 0 Å². The molecule has 0 aromatic heterocycles. The molecule has 0 aromatic rings. The zero-order valence-corrected chi connectivity index (χ0v) is 9.74. The second-order valence-electron chi connectivity index (χ2n) is 4.55. The van der Waals surface area contributed by atoms with E-state index in [0.29, 0.717) is 6.61 Å². The van der Waals surface area contributed by atoms with Crippen LogP contribution >= 0.6 is 0 Å². The Bertz CT molecular complexity index is 302. The highest BCUT2D eigenvalue weighted by Crippen LogP contribution is 2.59. The zero-order chi connectivity index (χ0) is 11.6. The third-order valence-electron chi connectivity index (χ3n) is 2.99. The van der Waals surface area contributed by atoms with Crippen LogP contribution in [0.5, 0.6) is 0 Å². The number of carbonyl (C=O) groups excluding carboxylic acids is 2. The quantitative estimate of drug-likeness (QED) is 0.526. The van der Waals surface area contributed by atoms with E-state index in [1.807, 2.05) is 19.9 Å². The summed E-state index contributed by atoms with van der Waals surface area (Å²) < 4.78 is 4.98. The van der Waals surface area contributed by atoms with Crippen LogP contribution in [0.25, 0.3) is 0 Å². The van der Waals surface area contributed by atoms with Crippen LogP contribution in [-0.4, -0.2) is 18.4 Å². The number of ketones is 1. The van der Waals surface area contributed by atoms with E-state index in [2.05, 4.69) is 0 Å². The zero-order valence-electron chi connectivity index (χ0n) is 9.74. The van der Waals surface area contributed by atoms with Gasteiger partial charge >= 0.3 is 5.97 Å². The summed E-state index contributed by atoms with van der Waals surface area (Å²) in [6.45, 7) is 7.75. The van der Waals surface area contributed by atoms with Crippen LogP contribution < -0.4 is 0 Å². The van der Waals surface area contributed by atoms with Crippen LogP contribution in [0.2, 0.25) is 0 Å². The monoisotopic (exact) mass is 210 g/mol. The van der Waals surface area contributed by atoms with Gasteiger partial charge in [-0.05, 0) is 31.3 Å². The van der Waals surface area contributed by atoms with Gasteiger partial charge in [0.25, 0.3) is 0 Å². The Kier molecular flexibility index (Phi) is 3.32. The van der Waals surface area contributed by atoms with Crippen molar-refractivity contribution in [2.45, 2.75) is 27.7 Å². The predicted molar refractivity (Wildman–Crippen MR) is 57.2 cm³/mol. The molecule has 0 amide bonds. The minimum atomic E-state index is -0.152. The van der Waals surface area contributed by atoms with Crippen LogP contribution in [0.4, 0.5) is 0 Å². The van der Waals surface area contributed by atoms with E-state index in [1.165, 1.54) is 13.0 Å². The summed E-state index contributed by atoms with van der Waals surface area (Å²) in [4.78, 5) is 22.3. The number of rotatable bonds is 4. The smallest absolute Gasteiger partial charge is 0.310 e. The molecule has 1 rings (SSSR count). The third kappa shape index (κ3) is 2.46. The van der Waals surface area contributed by atoms with Crippen LogP contribution in [0.1, 0.15) is 27.7 Å². The first-order valence-corrected chi connectivity index (χ1v) is 5.26. The van der Waals surface area contributed by atoms with Crippen LogP contribution in [0.3, 0.4) is 0 Å². The van der Waals surface area contributed by atoms with Crippen molar-refractivity contribution < 1.29 is 14.3 Å². The van der Waals surface area contributed by atoms with Gasteiger partial charge in [-0.25, -0.2) is 0 Å². The summed E-state index contributed by atoms with van der Waals surface area (Å²) in [6, 6.07) is 0. The van der Waals surface area contributed by atoms with Gasteiger partial charge in [-0.2, -0.15) is 0 Å². The Morgan fingerprint density at radius 3 is 2.47 bits per heavy atom. The molecular weight excluding hydrogens is 192 g/mol. The predicted octanol–water partition coefficient (Wildman–Crippen LogP) is 1.97. The Balaban J connectivity index is 2.62. The molecule has 0 radical (unpaired) electrons. The molecule has 0 unspecified atom stereocenters. The summed E-state index contributed by atoms with van der Waals surface area (Å²) >= 11 is 0. The number of allylic oxidation sites excluding steroid dienone is 2. The van der Waals surface area contributed by atoms with Gasteiger partial charge in [0.1, 0.15) is 0 Å². The van der Waals surface area contributed by atoms with Gasteiger partial charge in [-0.3, -0.25) is 9.59 Å². The van der Waals surface area contributed by atoms with Crippen molar-refractivity contribution in [1.82, 2.24) is 0 Å². The minimum Gasteiger partial charge on any atom is -0.466 e. The average Bonchev–Trinajstić information content (AvgIpc) is 2.65. The molecule has 15 heavy (non-hydrogen) atoms. The normalized spacial score (nSPS) is 27.7. The van der Waals surface area contributed by atoms with Gasteiger partial charge in [0, 0.05) is 0 Å². The first-order chi connectivity index (χ1) is 6.91. The van der Waals surface area contributed by atoms with Gasteiger partial charge < -0.3 is 4.74 Å². The topological polar surface area (TPSA) is 43.4 Å². The van der Waals surface area contributed by atoms with Crippen molar-refractivity contribution in [2.24, 2.45) is 17.3 Å². The maximum Gasteiger partial charge on any atom is 0.310 e. The SMILES string of the molecule is CCOC(=O)[C@@H]1[C@@H](/C=C/C(C)=O)C1(C)C. The standard InChI is InChI=1S/C12H18O3/c1-5-15-11(14)10-9(12(10,3)4)7-6-8(2)13/h6-7,9-10H,5H2,1-4H3/b7-6+/t9-,10+/m1/s1. The van der Waals surface area contributed by atoms with Crippen molar-refractivity contribution in [3.05, 3.63) is 12.2 Å². The first kappa shape index (κ1) is 12.0. The molecule has 84 valence electrons. The van der Waals surface area contributed by atoms with Gasteiger partial charge in [0.15, 0.2) is 5.78 Å². The van der Waals surface area contributed by atoms with E-state index in [1.54, 1.807) is 6.92 Å². The fourth-order valence-electron chi connectivity index (χ4n) is 1.96. The molecule has 2 atom stereocenters. The lowest BCUT2D eigenvalue weighted by molar-refractivity contribution is -0.145. The van der Waals surface area contributed by atoms with E-state index in [9.17, 15) is 9.59 Å². The second kappa shape index (κ2) is 4.17. The van der Waals surface area contributed by atoms with E-state index in [0.717, 1.165) is 0 Å². The Morgan fingerprint density at radius 1 is 1.40 bits per heavy atom. The number of ether oxygens (including phenoxy) is 1. The molecule has 0 N–H and O–H groups in total. The Hall–Kier alpha value is -1.12. The molecular formula is C12H18O3. The maximum absolute atomic E-state index is 11.5. The molecule has 3 nitrogen and oxygen atoms in total. The molecule has 1 fully saturated rings. The number of carbonyl (C=O) groups is 2. The second-order valence-corrected chi connectivity index (χ2v) is 4.55. The molecule has 1 saturated carbocycles. The highest BCUT2D eigenvalue weighted by molar-refractivity contribution is 5.87.